The van der Waals surface area contributed by atoms with Gasteiger partial charge in [-0.3, -0.25) is 4.79 Å². The molecule has 4 heteroatoms. The zero-order valence-electron chi connectivity index (χ0n) is 9.27. The van der Waals surface area contributed by atoms with Crippen LogP contribution >= 0.6 is 0 Å². The molecule has 1 aliphatic heterocycles. The lowest BCUT2D eigenvalue weighted by atomic mass is 10.2. The maximum Gasteiger partial charge on any atom is 0.271 e. The molecule has 84 valence electrons. The average Bonchev–Trinajstić information content (AvgIpc) is 2.50. The first kappa shape index (κ1) is 10.5. The third kappa shape index (κ3) is 1.86. The van der Waals surface area contributed by atoms with E-state index in [1.807, 2.05) is 6.92 Å². The van der Waals surface area contributed by atoms with Gasteiger partial charge in [-0.1, -0.05) is 12.1 Å². The fourth-order valence-electron chi connectivity index (χ4n) is 1.59. The summed E-state index contributed by atoms with van der Waals surface area (Å²) in [6.07, 6.45) is 1.80. The highest BCUT2D eigenvalue weighted by Crippen LogP contribution is 2.16. The van der Waals surface area contributed by atoms with Gasteiger partial charge in [0.15, 0.2) is 0 Å². The molecule has 1 atom stereocenters. The van der Waals surface area contributed by atoms with Crippen LogP contribution in [0.5, 0.6) is 5.75 Å². The normalized spacial score (nSPS) is 22.6. The maximum atomic E-state index is 11.7. The summed E-state index contributed by atoms with van der Waals surface area (Å²) in [5.41, 5.74) is 1.47. The molecule has 1 amide bonds. The summed E-state index contributed by atoms with van der Waals surface area (Å²) in [7, 11) is 1.76. The van der Waals surface area contributed by atoms with Gasteiger partial charge in [0, 0.05) is 7.05 Å². The standard InChI is InChI=1S/C12H14N2O2/c1-8-13-11(12(16)14(8)2)7-9-3-5-10(15)6-4-9/h3-8,13,15H,1-2H3. The van der Waals surface area contributed by atoms with E-state index in [0.717, 1.165) is 5.56 Å². The molecule has 0 aliphatic carbocycles. The second kappa shape index (κ2) is 3.89. The van der Waals surface area contributed by atoms with Gasteiger partial charge in [-0.25, -0.2) is 0 Å². The SMILES string of the molecule is CC1NC(=Cc2ccc(O)cc2)C(=O)N1C. The third-order valence-corrected chi connectivity index (χ3v) is 2.70. The topological polar surface area (TPSA) is 52.6 Å². The number of carbonyl (C=O) groups is 1. The van der Waals surface area contributed by atoms with Crippen molar-refractivity contribution in [2.45, 2.75) is 13.1 Å². The number of aromatic hydroxyl groups is 1. The van der Waals surface area contributed by atoms with Crippen LogP contribution in [0.15, 0.2) is 30.0 Å². The quantitative estimate of drug-likeness (QED) is 0.695. The number of benzene rings is 1. The van der Waals surface area contributed by atoms with Gasteiger partial charge in [-0.2, -0.15) is 0 Å². The zero-order valence-corrected chi connectivity index (χ0v) is 9.27. The lowest BCUT2D eigenvalue weighted by Crippen LogP contribution is -2.30. The number of phenolic OH excluding ortho intramolecular Hbond substituents is 1. The van der Waals surface area contributed by atoms with Crippen molar-refractivity contribution in [3.8, 4) is 5.75 Å². The van der Waals surface area contributed by atoms with Crippen molar-refractivity contribution >= 4 is 12.0 Å². The van der Waals surface area contributed by atoms with E-state index >= 15 is 0 Å². The number of amides is 1. The van der Waals surface area contributed by atoms with E-state index in [-0.39, 0.29) is 17.8 Å². The van der Waals surface area contributed by atoms with Crippen molar-refractivity contribution in [1.29, 1.82) is 0 Å². The van der Waals surface area contributed by atoms with Crippen LogP contribution in [-0.4, -0.2) is 29.1 Å². The van der Waals surface area contributed by atoms with Gasteiger partial charge in [0.2, 0.25) is 0 Å². The van der Waals surface area contributed by atoms with Crippen molar-refractivity contribution < 1.29 is 9.90 Å². The number of nitrogens with one attached hydrogen (secondary N) is 1. The van der Waals surface area contributed by atoms with E-state index in [0.29, 0.717) is 5.70 Å². The van der Waals surface area contributed by atoms with Crippen LogP contribution in [0.2, 0.25) is 0 Å². The van der Waals surface area contributed by atoms with Gasteiger partial charge in [0.25, 0.3) is 5.91 Å². The molecule has 0 bridgehead atoms. The van der Waals surface area contributed by atoms with Crippen LogP contribution in [0.25, 0.3) is 6.08 Å². The Balaban J connectivity index is 2.25. The maximum absolute atomic E-state index is 11.7. The Labute approximate surface area is 94.2 Å². The smallest absolute Gasteiger partial charge is 0.271 e. The van der Waals surface area contributed by atoms with Crippen LogP contribution < -0.4 is 5.32 Å². The van der Waals surface area contributed by atoms with Gasteiger partial charge in [-0.15, -0.1) is 0 Å². The predicted octanol–water partition coefficient (Wildman–Crippen LogP) is 1.14. The van der Waals surface area contributed by atoms with Crippen molar-refractivity contribution in [1.82, 2.24) is 10.2 Å². The molecule has 2 N–H and O–H groups in total. The molecule has 2 rings (SSSR count). The summed E-state index contributed by atoms with van der Waals surface area (Å²) < 4.78 is 0. The average molecular weight is 218 g/mol. The predicted molar refractivity (Wildman–Crippen MR) is 61.5 cm³/mol. The van der Waals surface area contributed by atoms with Crippen LogP contribution in [0, 0.1) is 0 Å². The minimum absolute atomic E-state index is 0.0134. The number of hydrogen-bond acceptors (Lipinski definition) is 3. The highest BCUT2D eigenvalue weighted by Gasteiger charge is 2.27. The van der Waals surface area contributed by atoms with Gasteiger partial charge in [-0.05, 0) is 30.7 Å². The molecule has 0 radical (unpaired) electrons. The number of likely N-dealkylation sites (N-methyl/N-ethyl adjacent to an activating group) is 1. The van der Waals surface area contributed by atoms with Gasteiger partial charge in [0.1, 0.15) is 11.4 Å². The molecule has 0 saturated carbocycles. The highest BCUT2D eigenvalue weighted by molar-refractivity contribution is 5.99. The van der Waals surface area contributed by atoms with Crippen molar-refractivity contribution in [3.63, 3.8) is 0 Å². The molecule has 1 unspecified atom stereocenters. The van der Waals surface area contributed by atoms with Crippen molar-refractivity contribution in [3.05, 3.63) is 35.5 Å². The molecule has 0 aromatic heterocycles. The van der Waals surface area contributed by atoms with Crippen LogP contribution in [0.3, 0.4) is 0 Å². The Kier molecular flexibility index (Phi) is 2.56. The van der Waals surface area contributed by atoms with Gasteiger partial charge < -0.3 is 15.3 Å². The second-order valence-corrected chi connectivity index (χ2v) is 3.89. The van der Waals surface area contributed by atoms with Crippen LogP contribution in [0.4, 0.5) is 0 Å². The molecular weight excluding hydrogens is 204 g/mol. The molecular formula is C12H14N2O2. The Morgan fingerprint density at radius 2 is 2.00 bits per heavy atom. The Hall–Kier alpha value is -1.97. The molecule has 4 nitrogen and oxygen atoms in total. The van der Waals surface area contributed by atoms with E-state index in [1.54, 1.807) is 42.3 Å². The summed E-state index contributed by atoms with van der Waals surface area (Å²) >= 11 is 0. The largest absolute Gasteiger partial charge is 0.508 e. The van der Waals surface area contributed by atoms with Crippen molar-refractivity contribution in [2.24, 2.45) is 0 Å². The minimum atomic E-state index is -0.0134. The lowest BCUT2D eigenvalue weighted by molar-refractivity contribution is -0.124. The van der Waals surface area contributed by atoms with E-state index in [1.165, 1.54) is 0 Å². The summed E-state index contributed by atoms with van der Waals surface area (Å²) in [6.45, 7) is 1.93. The van der Waals surface area contributed by atoms with Crippen LogP contribution in [-0.2, 0) is 4.79 Å². The summed E-state index contributed by atoms with van der Waals surface area (Å²) in [4.78, 5) is 13.4. The van der Waals surface area contributed by atoms with E-state index in [4.69, 9.17) is 5.11 Å². The van der Waals surface area contributed by atoms with Crippen LogP contribution in [0.1, 0.15) is 12.5 Å². The summed E-state index contributed by atoms with van der Waals surface area (Å²) in [6, 6.07) is 6.72. The van der Waals surface area contributed by atoms with E-state index in [2.05, 4.69) is 5.32 Å². The first-order valence-corrected chi connectivity index (χ1v) is 5.12. The fourth-order valence-corrected chi connectivity index (χ4v) is 1.59. The first-order chi connectivity index (χ1) is 7.58. The van der Waals surface area contributed by atoms with E-state index in [9.17, 15) is 4.79 Å². The molecule has 1 aromatic carbocycles. The summed E-state index contributed by atoms with van der Waals surface area (Å²) in [5, 5.41) is 12.2. The molecule has 1 aliphatic rings. The Morgan fingerprint density at radius 1 is 1.38 bits per heavy atom. The fraction of sp³-hybridized carbons (Fsp3) is 0.250. The number of nitrogens with zero attached hydrogens (tertiary/aromatic N) is 1. The number of phenols is 1. The first-order valence-electron chi connectivity index (χ1n) is 5.12. The van der Waals surface area contributed by atoms with Crippen molar-refractivity contribution in [2.75, 3.05) is 7.05 Å². The molecule has 0 spiro atoms. The molecule has 16 heavy (non-hydrogen) atoms. The third-order valence-electron chi connectivity index (χ3n) is 2.70. The molecule has 1 heterocycles. The highest BCUT2D eigenvalue weighted by atomic mass is 16.3. The lowest BCUT2D eigenvalue weighted by Gasteiger charge is -2.12. The summed E-state index contributed by atoms with van der Waals surface area (Å²) in [5.74, 6) is 0.207. The monoisotopic (exact) mass is 218 g/mol. The van der Waals surface area contributed by atoms with Gasteiger partial charge >= 0.3 is 0 Å². The molecule has 1 saturated heterocycles. The molecule has 1 fully saturated rings. The minimum Gasteiger partial charge on any atom is -0.508 e. The van der Waals surface area contributed by atoms with Gasteiger partial charge in [0.05, 0.1) is 6.17 Å². The number of rotatable bonds is 1. The molecule has 1 aromatic rings. The Bertz CT molecular complexity index is 437. The second-order valence-electron chi connectivity index (χ2n) is 3.89. The zero-order chi connectivity index (χ0) is 11.7. The van der Waals surface area contributed by atoms with E-state index < -0.39 is 0 Å². The Morgan fingerprint density at radius 3 is 2.50 bits per heavy atom. The number of hydrogen-bond donors (Lipinski definition) is 2. The number of carbonyl (C=O) groups excluding carboxylic acids is 1.